The van der Waals surface area contributed by atoms with E-state index < -0.39 is 0 Å². The van der Waals surface area contributed by atoms with Gasteiger partial charge in [0.2, 0.25) is 0 Å². The summed E-state index contributed by atoms with van der Waals surface area (Å²) in [7, 11) is 0. The Kier molecular flexibility index (Phi) is 5.44. The van der Waals surface area contributed by atoms with E-state index in [0.717, 1.165) is 29.5 Å². The summed E-state index contributed by atoms with van der Waals surface area (Å²) in [6.45, 7) is 11.5. The van der Waals surface area contributed by atoms with Gasteiger partial charge in [0.05, 0.1) is 0 Å². The van der Waals surface area contributed by atoms with E-state index in [1.807, 2.05) is 6.07 Å². The van der Waals surface area contributed by atoms with Crippen molar-refractivity contribution < 1.29 is 4.39 Å². The van der Waals surface area contributed by atoms with E-state index in [0.29, 0.717) is 18.5 Å². The molecular weight excluding hydrogens is 331 g/mol. The number of rotatable bonds is 4. The number of hydrogen-bond acceptors (Lipinski definition) is 2. The lowest BCUT2D eigenvalue weighted by atomic mass is 9.89. The van der Waals surface area contributed by atoms with Crippen molar-refractivity contribution in [1.29, 1.82) is 0 Å². The molecule has 0 aromatic heterocycles. The maximum Gasteiger partial charge on any atom is 0.127 e. The number of nitrogens with zero attached hydrogens (tertiary/aromatic N) is 1. The van der Waals surface area contributed by atoms with Crippen LogP contribution in [0.4, 0.5) is 4.39 Å². The van der Waals surface area contributed by atoms with Crippen molar-refractivity contribution in [2.75, 3.05) is 13.1 Å². The minimum absolute atomic E-state index is 0.113. The molecular formula is C17H26BrFN2. The summed E-state index contributed by atoms with van der Waals surface area (Å²) < 4.78 is 15.0. The summed E-state index contributed by atoms with van der Waals surface area (Å²) >= 11 is 3.44. The van der Waals surface area contributed by atoms with E-state index >= 15 is 0 Å². The molecule has 1 aromatic carbocycles. The second kappa shape index (κ2) is 6.76. The lowest BCUT2D eigenvalue weighted by molar-refractivity contribution is 0.0530. The minimum Gasteiger partial charge on any atom is -0.309 e. The minimum atomic E-state index is -0.113. The van der Waals surface area contributed by atoms with Crippen LogP contribution in [0.2, 0.25) is 0 Å². The first kappa shape index (κ1) is 16.9. The van der Waals surface area contributed by atoms with Crippen LogP contribution in [0.3, 0.4) is 0 Å². The molecule has 2 nitrogen and oxygen atoms in total. The van der Waals surface area contributed by atoms with E-state index in [-0.39, 0.29) is 11.4 Å². The van der Waals surface area contributed by atoms with Crippen LogP contribution >= 0.6 is 15.9 Å². The normalized spacial score (nSPS) is 27.3. The molecule has 2 unspecified atom stereocenters. The van der Waals surface area contributed by atoms with Gasteiger partial charge in [-0.05, 0) is 37.5 Å². The first-order chi connectivity index (χ1) is 9.84. The second-order valence-corrected chi connectivity index (χ2v) is 7.66. The summed E-state index contributed by atoms with van der Waals surface area (Å²) in [5, 5.41) is 3.67. The van der Waals surface area contributed by atoms with Crippen molar-refractivity contribution >= 4 is 15.9 Å². The summed E-state index contributed by atoms with van der Waals surface area (Å²) in [6, 6.07) is 5.65. The molecule has 0 aliphatic carbocycles. The third kappa shape index (κ3) is 4.05. The Hall–Kier alpha value is -0.450. The van der Waals surface area contributed by atoms with E-state index in [1.54, 1.807) is 12.1 Å². The zero-order valence-electron chi connectivity index (χ0n) is 13.4. The fourth-order valence-corrected chi connectivity index (χ4v) is 3.46. The van der Waals surface area contributed by atoms with Gasteiger partial charge in [0, 0.05) is 41.3 Å². The standard InChI is InChI=1S/C17H26BrFN2/c1-5-17(4)11-21(16(9-20-17)12(2)3)10-13-8-14(18)6-7-15(13)19/h6-8,12,16,20H,5,9-11H2,1-4H3. The van der Waals surface area contributed by atoms with Crippen molar-refractivity contribution in [3.63, 3.8) is 0 Å². The molecule has 1 saturated heterocycles. The van der Waals surface area contributed by atoms with E-state index in [4.69, 9.17) is 0 Å². The van der Waals surface area contributed by atoms with Crippen LogP contribution in [-0.4, -0.2) is 29.6 Å². The van der Waals surface area contributed by atoms with Crippen LogP contribution in [0.15, 0.2) is 22.7 Å². The molecule has 1 aromatic rings. The van der Waals surface area contributed by atoms with E-state index in [9.17, 15) is 4.39 Å². The van der Waals surface area contributed by atoms with Gasteiger partial charge in [0.15, 0.2) is 0 Å². The van der Waals surface area contributed by atoms with Gasteiger partial charge in [-0.3, -0.25) is 4.90 Å². The summed E-state index contributed by atoms with van der Waals surface area (Å²) in [5.41, 5.74) is 0.892. The molecule has 1 aliphatic heterocycles. The third-order valence-electron chi connectivity index (χ3n) is 4.69. The number of hydrogen-bond donors (Lipinski definition) is 1. The predicted molar refractivity (Wildman–Crippen MR) is 89.8 cm³/mol. The van der Waals surface area contributed by atoms with Gasteiger partial charge in [-0.1, -0.05) is 36.7 Å². The van der Waals surface area contributed by atoms with Crippen LogP contribution in [0.25, 0.3) is 0 Å². The second-order valence-electron chi connectivity index (χ2n) is 6.75. The molecule has 2 rings (SSSR count). The lowest BCUT2D eigenvalue weighted by Crippen LogP contribution is -2.63. The Morgan fingerprint density at radius 2 is 2.19 bits per heavy atom. The van der Waals surface area contributed by atoms with Gasteiger partial charge in [0.25, 0.3) is 0 Å². The highest BCUT2D eigenvalue weighted by atomic mass is 79.9. The van der Waals surface area contributed by atoms with Crippen molar-refractivity contribution in [2.45, 2.75) is 52.2 Å². The van der Waals surface area contributed by atoms with Gasteiger partial charge in [-0.25, -0.2) is 4.39 Å². The van der Waals surface area contributed by atoms with Crippen LogP contribution in [0, 0.1) is 11.7 Å². The number of halogens is 2. The fourth-order valence-electron chi connectivity index (χ4n) is 3.05. The van der Waals surface area contributed by atoms with Crippen LogP contribution < -0.4 is 5.32 Å². The van der Waals surface area contributed by atoms with Crippen molar-refractivity contribution in [3.8, 4) is 0 Å². The Morgan fingerprint density at radius 3 is 2.81 bits per heavy atom. The highest BCUT2D eigenvalue weighted by Gasteiger charge is 2.35. The average molecular weight is 357 g/mol. The molecule has 1 aliphatic rings. The molecule has 0 spiro atoms. The zero-order chi connectivity index (χ0) is 15.6. The predicted octanol–water partition coefficient (Wildman–Crippen LogP) is 4.19. The molecule has 0 amide bonds. The Bertz CT molecular complexity index is 492. The highest BCUT2D eigenvalue weighted by Crippen LogP contribution is 2.26. The molecule has 4 heteroatoms. The van der Waals surface area contributed by atoms with Gasteiger partial charge in [0.1, 0.15) is 5.82 Å². The largest absolute Gasteiger partial charge is 0.309 e. The van der Waals surface area contributed by atoms with Gasteiger partial charge >= 0.3 is 0 Å². The molecule has 2 atom stereocenters. The first-order valence-electron chi connectivity index (χ1n) is 7.77. The highest BCUT2D eigenvalue weighted by molar-refractivity contribution is 9.10. The zero-order valence-corrected chi connectivity index (χ0v) is 15.0. The van der Waals surface area contributed by atoms with Gasteiger partial charge < -0.3 is 5.32 Å². The number of benzene rings is 1. The first-order valence-corrected chi connectivity index (χ1v) is 8.57. The van der Waals surface area contributed by atoms with E-state index in [2.05, 4.69) is 53.8 Å². The fraction of sp³-hybridized carbons (Fsp3) is 0.647. The molecule has 21 heavy (non-hydrogen) atoms. The van der Waals surface area contributed by atoms with Gasteiger partial charge in [-0.15, -0.1) is 0 Å². The van der Waals surface area contributed by atoms with Crippen LogP contribution in [-0.2, 0) is 6.54 Å². The van der Waals surface area contributed by atoms with Gasteiger partial charge in [-0.2, -0.15) is 0 Å². The summed E-state index contributed by atoms with van der Waals surface area (Å²) in [4.78, 5) is 2.44. The quantitative estimate of drug-likeness (QED) is 0.869. The lowest BCUT2D eigenvalue weighted by Gasteiger charge is -2.47. The van der Waals surface area contributed by atoms with E-state index in [1.165, 1.54) is 0 Å². The molecule has 118 valence electrons. The van der Waals surface area contributed by atoms with Crippen molar-refractivity contribution in [2.24, 2.45) is 5.92 Å². The Labute approximate surface area is 136 Å². The average Bonchev–Trinajstić information content (AvgIpc) is 2.43. The summed E-state index contributed by atoms with van der Waals surface area (Å²) in [5.74, 6) is 0.437. The maximum atomic E-state index is 14.1. The van der Waals surface area contributed by atoms with Crippen LogP contribution in [0.1, 0.15) is 39.7 Å². The molecule has 1 fully saturated rings. The SMILES string of the molecule is CCC1(C)CN(Cc2cc(Br)ccc2F)C(C(C)C)CN1. The number of piperazine rings is 1. The summed E-state index contributed by atoms with van der Waals surface area (Å²) in [6.07, 6.45) is 1.08. The topological polar surface area (TPSA) is 15.3 Å². The molecule has 0 saturated carbocycles. The van der Waals surface area contributed by atoms with Crippen molar-refractivity contribution in [1.82, 2.24) is 10.2 Å². The Morgan fingerprint density at radius 1 is 1.48 bits per heavy atom. The maximum absolute atomic E-state index is 14.1. The van der Waals surface area contributed by atoms with Crippen LogP contribution in [0.5, 0.6) is 0 Å². The molecule has 1 heterocycles. The molecule has 0 bridgehead atoms. The van der Waals surface area contributed by atoms with Crippen molar-refractivity contribution in [3.05, 3.63) is 34.1 Å². The monoisotopic (exact) mass is 356 g/mol. The molecule has 1 N–H and O–H groups in total. The number of nitrogens with one attached hydrogen (secondary N) is 1. The Balaban J connectivity index is 2.22. The third-order valence-corrected chi connectivity index (χ3v) is 5.18. The molecule has 0 radical (unpaired) electrons. The smallest absolute Gasteiger partial charge is 0.127 e.